The maximum Gasteiger partial charge on any atom is 0.234 e. The first-order valence-corrected chi connectivity index (χ1v) is 10.4. The average Bonchev–Trinajstić information content (AvgIpc) is 3.30. The lowest BCUT2D eigenvalue weighted by Gasteiger charge is -2.34. The molecular weight excluding hydrogens is 384 g/mol. The molecule has 30 heavy (non-hydrogen) atoms. The molecule has 0 aliphatic carbocycles. The van der Waals surface area contributed by atoms with E-state index in [1.165, 1.54) is 5.56 Å². The van der Waals surface area contributed by atoms with Gasteiger partial charge in [0.2, 0.25) is 11.8 Å². The standard InChI is InChI=1S/C22H28N4O4/c1-15-19(16(2)30-24-15)12-22(28)26-9-7-25(8-10-26)14-21(27)23-13-18-11-17-5-3-4-6-20(17)29-18/h3-6,18H,7-14H2,1-2H3,(H,23,27). The van der Waals surface area contributed by atoms with Gasteiger partial charge in [-0.2, -0.15) is 0 Å². The number of aryl methyl sites for hydroxylation is 2. The topological polar surface area (TPSA) is 87.9 Å². The Hall–Kier alpha value is -2.87. The second kappa shape index (κ2) is 8.87. The smallest absolute Gasteiger partial charge is 0.234 e. The minimum absolute atomic E-state index is 0.00913. The zero-order valence-electron chi connectivity index (χ0n) is 17.5. The van der Waals surface area contributed by atoms with Crippen molar-refractivity contribution < 1.29 is 18.8 Å². The van der Waals surface area contributed by atoms with E-state index in [4.69, 9.17) is 9.26 Å². The highest BCUT2D eigenvalue weighted by Gasteiger charge is 2.26. The van der Waals surface area contributed by atoms with Gasteiger partial charge in [-0.15, -0.1) is 0 Å². The summed E-state index contributed by atoms with van der Waals surface area (Å²) in [5.41, 5.74) is 2.83. The number of rotatable bonds is 6. The molecule has 3 heterocycles. The zero-order valence-corrected chi connectivity index (χ0v) is 17.5. The van der Waals surface area contributed by atoms with Crippen LogP contribution >= 0.6 is 0 Å². The van der Waals surface area contributed by atoms with Crippen molar-refractivity contribution in [3.8, 4) is 5.75 Å². The number of piperazine rings is 1. The van der Waals surface area contributed by atoms with Crippen LogP contribution in [0.4, 0.5) is 0 Å². The minimum atomic E-state index is -0.00921. The van der Waals surface area contributed by atoms with Crippen molar-refractivity contribution in [1.29, 1.82) is 0 Å². The number of carbonyl (C=O) groups is 2. The Bertz CT molecular complexity index is 873. The van der Waals surface area contributed by atoms with Crippen molar-refractivity contribution in [2.75, 3.05) is 39.3 Å². The van der Waals surface area contributed by atoms with E-state index >= 15 is 0 Å². The van der Waals surface area contributed by atoms with Gasteiger partial charge >= 0.3 is 0 Å². The van der Waals surface area contributed by atoms with Crippen LogP contribution in [0.15, 0.2) is 28.8 Å². The lowest BCUT2D eigenvalue weighted by Crippen LogP contribution is -2.51. The van der Waals surface area contributed by atoms with Crippen LogP contribution in [-0.2, 0) is 22.4 Å². The highest BCUT2D eigenvalue weighted by atomic mass is 16.5. The summed E-state index contributed by atoms with van der Waals surface area (Å²) >= 11 is 0. The molecular formula is C22H28N4O4. The van der Waals surface area contributed by atoms with Gasteiger partial charge in [0.05, 0.1) is 25.2 Å². The number of aromatic nitrogens is 1. The van der Waals surface area contributed by atoms with Crippen LogP contribution in [-0.4, -0.2) is 72.1 Å². The number of hydrogen-bond acceptors (Lipinski definition) is 6. The Labute approximate surface area is 176 Å². The van der Waals surface area contributed by atoms with Crippen molar-refractivity contribution in [1.82, 2.24) is 20.3 Å². The molecule has 1 aromatic heterocycles. The van der Waals surface area contributed by atoms with Gasteiger partial charge in [-0.1, -0.05) is 23.4 Å². The number of nitrogens with zero attached hydrogens (tertiary/aromatic N) is 3. The quantitative estimate of drug-likeness (QED) is 0.765. The van der Waals surface area contributed by atoms with Crippen LogP contribution < -0.4 is 10.1 Å². The first kappa shape index (κ1) is 20.4. The maximum atomic E-state index is 12.6. The van der Waals surface area contributed by atoms with Gasteiger partial charge in [0.25, 0.3) is 0 Å². The van der Waals surface area contributed by atoms with E-state index in [0.29, 0.717) is 51.4 Å². The van der Waals surface area contributed by atoms with E-state index in [9.17, 15) is 9.59 Å². The number of ether oxygens (including phenoxy) is 1. The van der Waals surface area contributed by atoms with Gasteiger partial charge in [-0.25, -0.2) is 0 Å². The molecule has 0 spiro atoms. The van der Waals surface area contributed by atoms with Crippen molar-refractivity contribution in [3.63, 3.8) is 0 Å². The Morgan fingerprint density at radius 2 is 1.93 bits per heavy atom. The van der Waals surface area contributed by atoms with Gasteiger partial charge < -0.3 is 19.5 Å². The molecule has 2 aliphatic heterocycles. The minimum Gasteiger partial charge on any atom is -0.488 e. The Morgan fingerprint density at radius 3 is 2.63 bits per heavy atom. The van der Waals surface area contributed by atoms with Crippen LogP contribution in [0, 0.1) is 13.8 Å². The summed E-state index contributed by atoms with van der Waals surface area (Å²) in [5, 5.41) is 6.89. The Morgan fingerprint density at radius 1 is 1.17 bits per heavy atom. The van der Waals surface area contributed by atoms with Crippen molar-refractivity contribution >= 4 is 11.8 Å². The van der Waals surface area contributed by atoms with Crippen LogP contribution in [0.3, 0.4) is 0 Å². The molecule has 0 saturated carbocycles. The van der Waals surface area contributed by atoms with E-state index in [1.54, 1.807) is 0 Å². The Balaban J connectivity index is 1.17. The predicted octanol–water partition coefficient (Wildman–Crippen LogP) is 1.10. The highest BCUT2D eigenvalue weighted by molar-refractivity contribution is 5.80. The molecule has 2 aromatic rings. The molecule has 1 N–H and O–H groups in total. The fourth-order valence-corrected chi connectivity index (χ4v) is 4.03. The largest absolute Gasteiger partial charge is 0.488 e. The lowest BCUT2D eigenvalue weighted by atomic mass is 10.1. The number of amides is 2. The number of para-hydroxylation sites is 1. The summed E-state index contributed by atoms with van der Waals surface area (Å²) in [5.74, 6) is 1.68. The lowest BCUT2D eigenvalue weighted by molar-refractivity contribution is -0.132. The van der Waals surface area contributed by atoms with Crippen molar-refractivity contribution in [2.24, 2.45) is 0 Å². The third-order valence-electron chi connectivity index (χ3n) is 5.84. The van der Waals surface area contributed by atoms with E-state index in [1.807, 2.05) is 36.9 Å². The van der Waals surface area contributed by atoms with Crippen molar-refractivity contribution in [2.45, 2.75) is 32.8 Å². The third kappa shape index (κ3) is 4.64. The van der Waals surface area contributed by atoms with E-state index in [2.05, 4.69) is 21.4 Å². The zero-order chi connectivity index (χ0) is 21.1. The number of fused-ring (bicyclic) bond motifs is 1. The molecule has 2 aliphatic rings. The normalized spacial score (nSPS) is 18.7. The summed E-state index contributed by atoms with van der Waals surface area (Å²) < 4.78 is 11.0. The van der Waals surface area contributed by atoms with Gasteiger partial charge in [0.1, 0.15) is 17.6 Å². The molecule has 160 valence electrons. The summed E-state index contributed by atoms with van der Waals surface area (Å²) in [6, 6.07) is 7.98. The van der Waals surface area contributed by atoms with Crippen LogP contribution in [0.1, 0.15) is 22.6 Å². The second-order valence-corrected chi connectivity index (χ2v) is 7.99. The van der Waals surface area contributed by atoms with Gasteiger partial charge in [-0.3, -0.25) is 14.5 Å². The van der Waals surface area contributed by atoms with Crippen molar-refractivity contribution in [3.05, 3.63) is 46.8 Å². The first-order chi connectivity index (χ1) is 14.5. The monoisotopic (exact) mass is 412 g/mol. The molecule has 1 atom stereocenters. The number of benzene rings is 1. The SMILES string of the molecule is Cc1noc(C)c1CC(=O)N1CCN(CC(=O)NCC2Cc3ccccc3O2)CC1. The molecule has 1 saturated heterocycles. The third-order valence-corrected chi connectivity index (χ3v) is 5.84. The molecule has 1 unspecified atom stereocenters. The first-order valence-electron chi connectivity index (χ1n) is 10.4. The molecule has 1 aromatic carbocycles. The molecule has 1 fully saturated rings. The maximum absolute atomic E-state index is 12.6. The average molecular weight is 412 g/mol. The highest BCUT2D eigenvalue weighted by Crippen LogP contribution is 2.27. The number of nitrogens with one attached hydrogen (secondary N) is 1. The van der Waals surface area contributed by atoms with Gasteiger partial charge in [0.15, 0.2) is 0 Å². The molecule has 0 radical (unpaired) electrons. The summed E-state index contributed by atoms with van der Waals surface area (Å²) in [6.07, 6.45) is 1.12. The van der Waals surface area contributed by atoms with Gasteiger partial charge in [-0.05, 0) is 25.5 Å². The molecule has 2 amide bonds. The Kier molecular flexibility index (Phi) is 6.03. The van der Waals surface area contributed by atoms with Crippen LogP contribution in [0.5, 0.6) is 5.75 Å². The predicted molar refractivity (Wildman–Crippen MR) is 110 cm³/mol. The van der Waals surface area contributed by atoms with E-state index < -0.39 is 0 Å². The van der Waals surface area contributed by atoms with E-state index in [0.717, 1.165) is 23.4 Å². The molecule has 8 nitrogen and oxygen atoms in total. The summed E-state index contributed by atoms with van der Waals surface area (Å²) in [6.45, 7) is 7.14. The molecule has 0 bridgehead atoms. The van der Waals surface area contributed by atoms with Crippen LogP contribution in [0.25, 0.3) is 0 Å². The van der Waals surface area contributed by atoms with E-state index in [-0.39, 0.29) is 17.9 Å². The summed E-state index contributed by atoms with van der Waals surface area (Å²) in [4.78, 5) is 28.9. The van der Waals surface area contributed by atoms with Crippen LogP contribution in [0.2, 0.25) is 0 Å². The number of carbonyl (C=O) groups excluding carboxylic acids is 2. The van der Waals surface area contributed by atoms with Gasteiger partial charge in [0, 0.05) is 38.2 Å². The second-order valence-electron chi connectivity index (χ2n) is 7.99. The molecule has 4 rings (SSSR count). The fourth-order valence-electron chi connectivity index (χ4n) is 4.03. The molecule has 8 heteroatoms. The fraction of sp³-hybridized carbons (Fsp3) is 0.500. The summed E-state index contributed by atoms with van der Waals surface area (Å²) in [7, 11) is 0. The number of hydrogen-bond donors (Lipinski definition) is 1.